The zero-order valence-corrected chi connectivity index (χ0v) is 24.8. The Morgan fingerprint density at radius 2 is 1.79 bits per heavy atom. The van der Waals surface area contributed by atoms with Crippen LogP contribution in [0.3, 0.4) is 0 Å². The minimum atomic E-state index is -1.29. The van der Waals surface area contributed by atoms with Crippen molar-refractivity contribution >= 4 is 11.9 Å². The zero-order chi connectivity index (χ0) is 30.3. The Kier molecular flexibility index (Phi) is 6.56. The number of hydrogen-bond donors (Lipinski definition) is 2. The lowest BCUT2D eigenvalue weighted by atomic mass is 9.42. The summed E-state index contributed by atoms with van der Waals surface area (Å²) in [7, 11) is 0. The molecule has 0 saturated heterocycles. The van der Waals surface area contributed by atoms with Gasteiger partial charge in [-0.15, -0.1) is 0 Å². The van der Waals surface area contributed by atoms with Gasteiger partial charge in [0.05, 0.1) is 24.0 Å². The van der Waals surface area contributed by atoms with Crippen molar-refractivity contribution in [2.75, 3.05) is 6.61 Å². The fraction of sp³-hybridized carbons (Fsp3) is 0.636. The second kappa shape index (κ2) is 9.89. The molecule has 1 aliphatic heterocycles. The first kappa shape index (κ1) is 28.5. The van der Waals surface area contributed by atoms with E-state index in [1.165, 1.54) is 0 Å². The van der Waals surface area contributed by atoms with E-state index >= 15 is 0 Å². The Bertz CT molecular complexity index is 1500. The van der Waals surface area contributed by atoms with Crippen molar-refractivity contribution in [2.24, 2.45) is 34.5 Å². The first-order valence-corrected chi connectivity index (χ1v) is 15.5. The van der Waals surface area contributed by atoms with Gasteiger partial charge in [-0.1, -0.05) is 13.8 Å². The molecule has 43 heavy (non-hydrogen) atoms. The number of rotatable bonds is 6. The number of ether oxygens (including phenoxy) is 3. The highest BCUT2D eigenvalue weighted by Gasteiger charge is 2.70. The highest BCUT2D eigenvalue weighted by Crippen LogP contribution is 2.67. The van der Waals surface area contributed by atoms with Crippen LogP contribution in [-0.2, 0) is 19.1 Å². The molecule has 0 aromatic carbocycles. The summed E-state index contributed by atoms with van der Waals surface area (Å²) in [6, 6.07) is 5.06. The molecule has 2 aromatic rings. The summed E-state index contributed by atoms with van der Waals surface area (Å²) in [4.78, 5) is 43.1. The van der Waals surface area contributed by atoms with E-state index in [4.69, 9.17) is 18.6 Å². The Morgan fingerprint density at radius 1 is 1.07 bits per heavy atom. The van der Waals surface area contributed by atoms with Crippen LogP contribution in [0, 0.1) is 34.5 Å². The van der Waals surface area contributed by atoms with Gasteiger partial charge in [-0.3, -0.25) is 14.6 Å². The van der Waals surface area contributed by atoms with Gasteiger partial charge in [-0.25, -0.2) is 4.79 Å². The average Bonchev–Trinajstić information content (AvgIpc) is 3.88. The third-order valence-electron chi connectivity index (χ3n) is 11.2. The highest BCUT2D eigenvalue weighted by molar-refractivity contribution is 5.75. The lowest BCUT2D eigenvalue weighted by Crippen LogP contribution is -2.71. The molecule has 0 unspecified atom stereocenters. The van der Waals surface area contributed by atoms with Gasteiger partial charge in [0.15, 0.2) is 0 Å². The highest BCUT2D eigenvalue weighted by atomic mass is 16.6. The van der Waals surface area contributed by atoms with Crippen LogP contribution in [0.2, 0.25) is 0 Å². The first-order valence-electron chi connectivity index (χ1n) is 15.5. The Morgan fingerprint density at radius 3 is 2.47 bits per heavy atom. The summed E-state index contributed by atoms with van der Waals surface area (Å²) in [6.45, 7) is 5.84. The molecule has 0 spiro atoms. The number of hydrogen-bond acceptors (Lipinski definition) is 10. The number of aliphatic hydroxyl groups excluding tert-OH is 2. The Hall–Kier alpha value is -3.24. The number of fused-ring (bicyclic) bond motifs is 4. The summed E-state index contributed by atoms with van der Waals surface area (Å²) in [5.74, 6) is -1.26. The monoisotopic (exact) mass is 593 g/mol. The molecule has 8 atom stereocenters. The molecule has 2 aromatic heterocycles. The van der Waals surface area contributed by atoms with Crippen molar-refractivity contribution in [1.82, 2.24) is 4.98 Å². The lowest BCUT2D eigenvalue weighted by molar-refractivity contribution is -0.267. The quantitative estimate of drug-likeness (QED) is 0.472. The SMILES string of the molecule is C[C@]12CC[C@H](OC(=O)C3CC3)[C@](C)(COC(=O)C3CC3)[C@@H]1C[C@H](O)[C@@]1(C)Oc3cc(-c4cccnc4)oc(=O)c3[C@H](O)[C@H]21. The summed E-state index contributed by atoms with van der Waals surface area (Å²) in [6.07, 6.45) is 4.89. The van der Waals surface area contributed by atoms with E-state index < -0.39 is 46.3 Å². The number of aromatic nitrogens is 1. The van der Waals surface area contributed by atoms with Gasteiger partial charge in [0.25, 0.3) is 0 Å². The summed E-state index contributed by atoms with van der Waals surface area (Å²) in [5, 5.41) is 23.8. The smallest absolute Gasteiger partial charge is 0.345 e. The van der Waals surface area contributed by atoms with Crippen LogP contribution in [0.4, 0.5) is 0 Å². The number of aliphatic hydroxyl groups is 2. The third kappa shape index (κ3) is 4.51. The van der Waals surface area contributed by atoms with Gasteiger partial charge >= 0.3 is 17.6 Å². The van der Waals surface area contributed by atoms with Crippen LogP contribution in [0.5, 0.6) is 5.75 Å². The molecule has 10 nitrogen and oxygen atoms in total. The second-order valence-corrected chi connectivity index (χ2v) is 14.1. The number of esters is 2. The van der Waals surface area contributed by atoms with Gasteiger partial charge < -0.3 is 28.8 Å². The van der Waals surface area contributed by atoms with Crippen LogP contribution < -0.4 is 10.4 Å². The van der Waals surface area contributed by atoms with E-state index in [-0.39, 0.29) is 59.8 Å². The van der Waals surface area contributed by atoms with Gasteiger partial charge in [-0.05, 0) is 75.3 Å². The van der Waals surface area contributed by atoms with Crippen molar-refractivity contribution in [1.29, 1.82) is 0 Å². The van der Waals surface area contributed by atoms with E-state index in [2.05, 4.69) is 11.9 Å². The van der Waals surface area contributed by atoms with Crippen molar-refractivity contribution in [3.05, 3.63) is 46.6 Å². The summed E-state index contributed by atoms with van der Waals surface area (Å²) < 4.78 is 24.2. The van der Waals surface area contributed by atoms with E-state index in [0.29, 0.717) is 18.4 Å². The van der Waals surface area contributed by atoms with E-state index in [9.17, 15) is 24.6 Å². The molecular weight excluding hydrogens is 554 g/mol. The van der Waals surface area contributed by atoms with E-state index in [1.807, 2.05) is 6.92 Å². The molecule has 10 heteroatoms. The zero-order valence-electron chi connectivity index (χ0n) is 24.8. The van der Waals surface area contributed by atoms with Gasteiger partial charge in [0, 0.05) is 35.4 Å². The molecule has 2 N–H and O–H groups in total. The molecule has 4 fully saturated rings. The maximum atomic E-state index is 13.4. The van der Waals surface area contributed by atoms with Crippen molar-refractivity contribution in [3.8, 4) is 17.1 Å². The molecule has 4 saturated carbocycles. The standard InChI is InChI=1S/C33H39NO9/c1-31-11-10-24(42-29(38)18-8-9-18)32(2,16-40-28(37)17-6-7-17)22(31)14-23(35)33(3)27(31)26(36)25-21(43-33)13-20(41-30(25)39)19-5-4-12-34-15-19/h4-5,12-13,15,17-18,22-24,26-27,35-36H,6-11,14,16H2,1-3H3/t22-,23+,24+,26+,27-,31+,32-,33-/m1/s1. The van der Waals surface area contributed by atoms with E-state index in [1.54, 1.807) is 37.5 Å². The van der Waals surface area contributed by atoms with Crippen LogP contribution in [0.15, 0.2) is 39.8 Å². The molecule has 0 amide bonds. The van der Waals surface area contributed by atoms with Crippen LogP contribution in [-0.4, -0.2) is 51.6 Å². The Labute approximate surface area is 249 Å². The van der Waals surface area contributed by atoms with Gasteiger partial charge in [0.1, 0.15) is 35.4 Å². The predicted octanol–water partition coefficient (Wildman–Crippen LogP) is 3.96. The van der Waals surface area contributed by atoms with Crippen LogP contribution in [0.1, 0.15) is 77.4 Å². The van der Waals surface area contributed by atoms with Crippen LogP contribution >= 0.6 is 0 Å². The average molecular weight is 594 g/mol. The fourth-order valence-electron chi connectivity index (χ4n) is 8.45. The summed E-state index contributed by atoms with van der Waals surface area (Å²) in [5.41, 5.74) is -2.85. The topological polar surface area (TPSA) is 145 Å². The van der Waals surface area contributed by atoms with Crippen molar-refractivity contribution in [3.63, 3.8) is 0 Å². The van der Waals surface area contributed by atoms with Crippen molar-refractivity contribution < 1.29 is 38.4 Å². The van der Waals surface area contributed by atoms with Gasteiger partial charge in [-0.2, -0.15) is 0 Å². The predicted molar refractivity (Wildman–Crippen MR) is 152 cm³/mol. The molecule has 3 heterocycles. The molecule has 0 bridgehead atoms. The number of carbonyl (C=O) groups excluding carboxylic acids is 2. The molecule has 7 rings (SSSR count). The third-order valence-corrected chi connectivity index (χ3v) is 11.2. The molecule has 0 radical (unpaired) electrons. The normalized spacial score (nSPS) is 38.1. The maximum absolute atomic E-state index is 13.4. The largest absolute Gasteiger partial charge is 0.484 e. The number of nitrogens with zero attached hydrogens (tertiary/aromatic N) is 1. The molecule has 230 valence electrons. The summed E-state index contributed by atoms with van der Waals surface area (Å²) >= 11 is 0. The number of pyridine rings is 1. The minimum Gasteiger partial charge on any atom is -0.484 e. The maximum Gasteiger partial charge on any atom is 0.345 e. The molecular formula is C33H39NO9. The Balaban J connectivity index is 1.27. The minimum absolute atomic E-state index is 0.0216. The second-order valence-electron chi connectivity index (χ2n) is 14.1. The number of carbonyl (C=O) groups is 2. The van der Waals surface area contributed by atoms with Gasteiger partial charge in [0.2, 0.25) is 0 Å². The lowest BCUT2D eigenvalue weighted by Gasteiger charge is -2.66. The molecule has 5 aliphatic rings. The molecule has 4 aliphatic carbocycles. The van der Waals surface area contributed by atoms with E-state index in [0.717, 1.165) is 25.7 Å². The fourth-order valence-corrected chi connectivity index (χ4v) is 8.45. The first-order chi connectivity index (χ1) is 20.5. The van der Waals surface area contributed by atoms with Crippen molar-refractivity contribution in [2.45, 2.75) is 89.6 Å². The van der Waals surface area contributed by atoms with Crippen LogP contribution in [0.25, 0.3) is 11.3 Å².